The van der Waals surface area contributed by atoms with Gasteiger partial charge < -0.3 is 0 Å². The van der Waals surface area contributed by atoms with E-state index in [-0.39, 0.29) is 16.2 Å². The monoisotopic (exact) mass is 524 g/mol. The number of benzene rings is 2. The van der Waals surface area contributed by atoms with E-state index in [0.29, 0.717) is 20.4 Å². The molecule has 0 unspecified atom stereocenters. The van der Waals surface area contributed by atoms with Crippen LogP contribution in [0.1, 0.15) is 123 Å². The Kier molecular flexibility index (Phi) is 6.75. The summed E-state index contributed by atoms with van der Waals surface area (Å²) < 4.78 is 1.73. The maximum absolute atomic E-state index is 2.58. The maximum atomic E-state index is 2.58. The molecule has 3 atom stereocenters. The van der Waals surface area contributed by atoms with E-state index in [9.17, 15) is 0 Å². The molecule has 0 heterocycles. The van der Waals surface area contributed by atoms with Crippen molar-refractivity contribution in [2.75, 3.05) is 0 Å². The number of fused-ring (bicyclic) bond motifs is 3. The second-order valence-electron chi connectivity index (χ2n) is 14.5. The number of aryl methyl sites for hydroxylation is 1. The molecule has 0 spiro atoms. The summed E-state index contributed by atoms with van der Waals surface area (Å²) >= 11 is 0.514. The van der Waals surface area contributed by atoms with E-state index in [1.807, 2.05) is 0 Å². The summed E-state index contributed by atoms with van der Waals surface area (Å²) in [5.41, 5.74) is 8.92. The molecule has 0 radical (unpaired) electrons. The molecule has 0 aliphatic heterocycles. The molecule has 0 nitrogen and oxygen atoms in total. The van der Waals surface area contributed by atoms with Crippen LogP contribution in [0.15, 0.2) is 36.4 Å². The van der Waals surface area contributed by atoms with Crippen molar-refractivity contribution < 1.29 is 0 Å². The first-order valence-electron chi connectivity index (χ1n) is 13.6. The van der Waals surface area contributed by atoms with E-state index in [1.165, 1.54) is 37.7 Å². The molecular formula is C33H48Se. The summed E-state index contributed by atoms with van der Waals surface area (Å²) in [6.07, 6.45) is 6.81. The molecule has 34 heavy (non-hydrogen) atoms. The van der Waals surface area contributed by atoms with Gasteiger partial charge in [-0.2, -0.15) is 0 Å². The summed E-state index contributed by atoms with van der Waals surface area (Å²) in [5.74, 6) is 0.841. The van der Waals surface area contributed by atoms with Crippen LogP contribution in [0.4, 0.5) is 0 Å². The Hall–Kier alpha value is -1.04. The van der Waals surface area contributed by atoms with E-state index < -0.39 is 0 Å². The molecule has 4 rings (SSSR count). The van der Waals surface area contributed by atoms with E-state index >= 15 is 0 Å². The topological polar surface area (TPSA) is 0 Å². The Morgan fingerprint density at radius 2 is 1.38 bits per heavy atom. The summed E-state index contributed by atoms with van der Waals surface area (Å²) in [6, 6.07) is 14.5. The number of hydrogen-bond donors (Lipinski definition) is 0. The van der Waals surface area contributed by atoms with Crippen molar-refractivity contribution in [3.8, 4) is 0 Å². The van der Waals surface area contributed by atoms with Gasteiger partial charge in [0.05, 0.1) is 0 Å². The van der Waals surface area contributed by atoms with E-state index in [1.54, 1.807) is 26.7 Å². The van der Waals surface area contributed by atoms with Gasteiger partial charge in [-0.1, -0.05) is 0 Å². The zero-order valence-electron chi connectivity index (χ0n) is 23.6. The molecule has 0 saturated heterocycles. The Morgan fingerprint density at radius 1 is 0.794 bits per heavy atom. The predicted molar refractivity (Wildman–Crippen MR) is 151 cm³/mol. The zero-order valence-corrected chi connectivity index (χ0v) is 25.3. The fourth-order valence-electron chi connectivity index (χ4n) is 6.35. The van der Waals surface area contributed by atoms with Gasteiger partial charge in [-0.15, -0.1) is 0 Å². The predicted octanol–water partition coefficient (Wildman–Crippen LogP) is 8.40. The van der Waals surface area contributed by atoms with Gasteiger partial charge in [-0.3, -0.25) is 0 Å². The van der Waals surface area contributed by atoms with Crippen LogP contribution in [0.3, 0.4) is 0 Å². The van der Waals surface area contributed by atoms with Crippen LogP contribution >= 0.6 is 0 Å². The third-order valence-corrected chi connectivity index (χ3v) is 11.7. The molecule has 2 aliphatic carbocycles. The summed E-state index contributed by atoms with van der Waals surface area (Å²) in [4.78, 5) is 0.860. The summed E-state index contributed by atoms with van der Waals surface area (Å²) in [5, 5.41) is 0. The van der Waals surface area contributed by atoms with Crippen molar-refractivity contribution in [1.29, 1.82) is 0 Å². The first-order chi connectivity index (χ1) is 15.6. The van der Waals surface area contributed by atoms with Gasteiger partial charge in [0.1, 0.15) is 0 Å². The first-order valence-corrected chi connectivity index (χ1v) is 15.4. The van der Waals surface area contributed by atoms with Gasteiger partial charge in [0.15, 0.2) is 0 Å². The second-order valence-corrected chi connectivity index (χ2v) is 17.2. The van der Waals surface area contributed by atoms with Gasteiger partial charge in [0.2, 0.25) is 0 Å². The SMILES string of the molecule is CC(C)(C)c1cc(C(C)(C)C)c([Se][C@@H]2CC[C@@]3(C)c4ccccc4CC[C@H]3C2)c(C(C)(C)C)c1. The normalized spacial score (nSPS) is 25.6. The van der Waals surface area contributed by atoms with Crippen LogP contribution in [0.25, 0.3) is 0 Å². The molecule has 186 valence electrons. The minimum absolute atomic E-state index is 0.172. The Morgan fingerprint density at radius 3 is 1.94 bits per heavy atom. The van der Waals surface area contributed by atoms with Gasteiger partial charge in [0.25, 0.3) is 0 Å². The molecular weight excluding hydrogens is 475 g/mol. The quantitative estimate of drug-likeness (QED) is 0.347. The van der Waals surface area contributed by atoms with Crippen LogP contribution in [0, 0.1) is 5.92 Å². The Labute approximate surface area is 216 Å². The fourth-order valence-corrected chi connectivity index (χ4v) is 10.3. The van der Waals surface area contributed by atoms with Crippen LogP contribution in [0.2, 0.25) is 4.82 Å². The van der Waals surface area contributed by atoms with Crippen molar-refractivity contribution >= 4 is 19.4 Å². The molecule has 2 aromatic rings. The molecule has 2 aromatic carbocycles. The van der Waals surface area contributed by atoms with Gasteiger partial charge in [0, 0.05) is 0 Å². The summed E-state index contributed by atoms with van der Waals surface area (Å²) in [6.45, 7) is 24.3. The van der Waals surface area contributed by atoms with Gasteiger partial charge >= 0.3 is 217 Å². The Balaban J connectivity index is 1.71. The molecule has 1 fully saturated rings. The van der Waals surface area contributed by atoms with Crippen molar-refractivity contribution in [1.82, 2.24) is 0 Å². The van der Waals surface area contributed by atoms with Crippen LogP contribution in [-0.2, 0) is 28.1 Å². The van der Waals surface area contributed by atoms with Gasteiger partial charge in [-0.25, -0.2) is 0 Å². The van der Waals surface area contributed by atoms with Crippen molar-refractivity contribution in [2.24, 2.45) is 5.92 Å². The first kappa shape index (κ1) is 26.0. The van der Waals surface area contributed by atoms with Crippen LogP contribution in [-0.4, -0.2) is 15.0 Å². The molecule has 0 aromatic heterocycles. The molecule has 0 amide bonds. The van der Waals surface area contributed by atoms with Crippen molar-refractivity contribution in [2.45, 2.75) is 128 Å². The molecule has 0 N–H and O–H groups in total. The van der Waals surface area contributed by atoms with Crippen molar-refractivity contribution in [3.05, 3.63) is 64.2 Å². The van der Waals surface area contributed by atoms with Crippen LogP contribution in [0.5, 0.6) is 0 Å². The standard InChI is InChI=1S/C33H48Se/c1-30(2,3)24-20-27(31(4,5)6)29(28(21-24)32(7,8)9)34-25-17-18-33(10)23(19-25)16-15-22-13-11-12-14-26(22)33/h11-14,20-21,23,25H,15-19H2,1-10H3/t23-,25+,33+/m0/s1. The molecule has 2 aliphatic rings. The third kappa shape index (κ3) is 4.95. The third-order valence-electron chi connectivity index (χ3n) is 8.68. The molecule has 1 saturated carbocycles. The van der Waals surface area contributed by atoms with E-state index in [2.05, 4.69) is 106 Å². The van der Waals surface area contributed by atoms with E-state index in [4.69, 9.17) is 0 Å². The zero-order chi connectivity index (χ0) is 25.1. The minimum atomic E-state index is 0.172. The average molecular weight is 524 g/mol. The number of hydrogen-bond acceptors (Lipinski definition) is 0. The summed E-state index contributed by atoms with van der Waals surface area (Å²) in [7, 11) is 0. The van der Waals surface area contributed by atoms with Crippen molar-refractivity contribution in [3.63, 3.8) is 0 Å². The molecule has 0 bridgehead atoms. The fraction of sp³-hybridized carbons (Fsp3) is 0.636. The molecule has 1 heteroatoms. The average Bonchev–Trinajstić information content (AvgIpc) is 2.72. The van der Waals surface area contributed by atoms with E-state index in [0.717, 1.165) is 10.7 Å². The Bertz CT molecular complexity index is 1000. The number of rotatable bonds is 2. The second kappa shape index (κ2) is 8.81. The van der Waals surface area contributed by atoms with Gasteiger partial charge in [-0.05, 0) is 0 Å². The van der Waals surface area contributed by atoms with Crippen LogP contribution < -0.4 is 4.46 Å².